The van der Waals surface area contributed by atoms with Crippen LogP contribution >= 0.6 is 0 Å². The molecule has 2 heterocycles. The highest BCUT2D eigenvalue weighted by Crippen LogP contribution is 2.33. The minimum atomic E-state index is -0.283. The van der Waals surface area contributed by atoms with Gasteiger partial charge >= 0.3 is 0 Å². The van der Waals surface area contributed by atoms with Crippen LogP contribution in [-0.2, 0) is 26.4 Å². The number of carbonyl (C=O) groups is 1. The van der Waals surface area contributed by atoms with Crippen molar-refractivity contribution in [1.82, 2.24) is 14.5 Å². The highest BCUT2D eigenvalue weighted by Gasteiger charge is 2.19. The fraction of sp³-hybridized carbons (Fsp3) is 0.359. The minimum Gasteiger partial charge on any atom is -0.493 e. The predicted molar refractivity (Wildman–Crippen MR) is 189 cm³/mol. The summed E-state index contributed by atoms with van der Waals surface area (Å²) in [5, 5.41) is 3.57. The van der Waals surface area contributed by atoms with Crippen LogP contribution in [0.4, 0.5) is 5.69 Å². The molecule has 0 radical (unpaired) electrons. The van der Waals surface area contributed by atoms with Crippen molar-refractivity contribution >= 4 is 23.7 Å². The Morgan fingerprint density at radius 1 is 0.958 bits per heavy atom. The first kappa shape index (κ1) is 33.0. The molecule has 1 amide bonds. The van der Waals surface area contributed by atoms with Crippen LogP contribution in [0.3, 0.4) is 0 Å². The van der Waals surface area contributed by atoms with Crippen molar-refractivity contribution in [3.05, 3.63) is 120 Å². The van der Waals surface area contributed by atoms with Crippen LogP contribution in [0.15, 0.2) is 70.3 Å². The van der Waals surface area contributed by atoms with E-state index in [1.807, 2.05) is 30.3 Å². The van der Waals surface area contributed by atoms with Gasteiger partial charge in [-0.25, -0.2) is 0 Å². The van der Waals surface area contributed by atoms with Gasteiger partial charge in [-0.05, 0) is 96.3 Å². The maximum atomic E-state index is 13.2. The van der Waals surface area contributed by atoms with Crippen molar-refractivity contribution in [2.45, 2.75) is 51.5 Å². The van der Waals surface area contributed by atoms with Crippen molar-refractivity contribution in [3.63, 3.8) is 0 Å². The van der Waals surface area contributed by atoms with E-state index < -0.39 is 0 Å². The number of hydrogen-bond donors (Lipinski definition) is 2. The second-order valence-corrected chi connectivity index (χ2v) is 12.9. The van der Waals surface area contributed by atoms with Crippen molar-refractivity contribution in [2.75, 3.05) is 32.6 Å². The first-order valence-corrected chi connectivity index (χ1v) is 16.8. The summed E-state index contributed by atoms with van der Waals surface area (Å²) in [6, 6.07) is 19.1. The van der Waals surface area contributed by atoms with Gasteiger partial charge in [0.1, 0.15) is 10.7 Å². The average Bonchev–Trinajstić information content (AvgIpc) is 3.11. The molecule has 1 fully saturated rings. The number of rotatable bonds is 9. The number of benzene rings is 3. The maximum Gasteiger partial charge on any atom is 0.274 e. The summed E-state index contributed by atoms with van der Waals surface area (Å²) in [6.45, 7) is 2.79. The number of anilines is 1. The summed E-state index contributed by atoms with van der Waals surface area (Å²) in [6.07, 6.45) is 11.0. The zero-order valence-electron chi connectivity index (χ0n) is 28.0. The first-order valence-electron chi connectivity index (χ1n) is 16.8. The lowest BCUT2D eigenvalue weighted by molar-refractivity contribution is 0.102. The molecule has 0 spiro atoms. The third-order valence-electron chi connectivity index (χ3n) is 9.61. The quantitative estimate of drug-likeness (QED) is 0.283. The Kier molecular flexibility index (Phi) is 10.3. The molecule has 0 bridgehead atoms. The number of nitrogens with zero attached hydrogens (tertiary/aromatic N) is 2. The van der Waals surface area contributed by atoms with Crippen molar-refractivity contribution in [3.8, 4) is 11.5 Å². The second-order valence-electron chi connectivity index (χ2n) is 12.9. The van der Waals surface area contributed by atoms with Gasteiger partial charge in [0.15, 0.2) is 11.5 Å². The van der Waals surface area contributed by atoms with Gasteiger partial charge in [0.2, 0.25) is 0 Å². The van der Waals surface area contributed by atoms with E-state index in [1.165, 1.54) is 27.7 Å². The lowest BCUT2D eigenvalue weighted by atomic mass is 9.89. The van der Waals surface area contributed by atoms with Crippen molar-refractivity contribution in [1.29, 1.82) is 0 Å². The SMILES string of the molecule is COc1cc2c(cc1OC)CN(CCc1ccc(NC(=O)c3cccc(/C=c4\[nH]c(=O)/c(=C/C5CCCCC5)n(C)c4=O)c3)cc1)CC2. The van der Waals surface area contributed by atoms with Crippen LogP contribution in [0.1, 0.15) is 64.7 Å². The Hall–Kier alpha value is -4.89. The van der Waals surface area contributed by atoms with E-state index in [9.17, 15) is 14.4 Å². The maximum absolute atomic E-state index is 13.2. The van der Waals surface area contributed by atoms with Gasteiger partial charge in [0.25, 0.3) is 17.0 Å². The summed E-state index contributed by atoms with van der Waals surface area (Å²) in [7, 11) is 4.97. The Labute approximate surface area is 280 Å². The summed E-state index contributed by atoms with van der Waals surface area (Å²) in [5.74, 6) is 1.60. The molecule has 1 aliphatic heterocycles. The third kappa shape index (κ3) is 7.63. The van der Waals surface area contributed by atoms with Gasteiger partial charge in [0.05, 0.1) is 14.2 Å². The molecule has 0 atom stereocenters. The third-order valence-corrected chi connectivity index (χ3v) is 9.61. The highest BCUT2D eigenvalue weighted by atomic mass is 16.5. The summed E-state index contributed by atoms with van der Waals surface area (Å²) in [5.41, 5.74) is 5.02. The van der Waals surface area contributed by atoms with E-state index >= 15 is 0 Å². The van der Waals surface area contributed by atoms with Crippen LogP contribution in [0.5, 0.6) is 11.5 Å². The molecule has 2 aliphatic rings. The highest BCUT2D eigenvalue weighted by molar-refractivity contribution is 6.04. The monoisotopic (exact) mass is 648 g/mol. The van der Waals surface area contributed by atoms with Gasteiger partial charge in [0, 0.05) is 37.9 Å². The molecule has 4 aromatic rings. The molecule has 48 heavy (non-hydrogen) atoms. The molecule has 9 nitrogen and oxygen atoms in total. The topological polar surface area (TPSA) is 106 Å². The van der Waals surface area contributed by atoms with E-state index in [2.05, 4.69) is 27.3 Å². The Bertz CT molecular complexity index is 2020. The number of H-pyrrole nitrogens is 1. The summed E-state index contributed by atoms with van der Waals surface area (Å²) >= 11 is 0. The lowest BCUT2D eigenvalue weighted by Gasteiger charge is -2.29. The Morgan fingerprint density at radius 3 is 2.42 bits per heavy atom. The molecule has 1 aromatic heterocycles. The van der Waals surface area contributed by atoms with Gasteiger partial charge < -0.3 is 24.3 Å². The molecular formula is C39H44N4O5. The fourth-order valence-electron chi connectivity index (χ4n) is 6.81. The number of methoxy groups -OCH3 is 2. The lowest BCUT2D eigenvalue weighted by Crippen LogP contribution is -2.52. The Morgan fingerprint density at radius 2 is 1.69 bits per heavy atom. The molecule has 250 valence electrons. The smallest absolute Gasteiger partial charge is 0.274 e. The van der Waals surface area contributed by atoms with Crippen LogP contribution in [-0.4, -0.2) is 47.7 Å². The number of amides is 1. The number of aromatic amines is 1. The number of hydrogen-bond acceptors (Lipinski definition) is 6. The number of nitrogens with one attached hydrogen (secondary N) is 2. The average molecular weight is 649 g/mol. The molecular weight excluding hydrogens is 604 g/mol. The molecule has 3 aromatic carbocycles. The van der Waals surface area contributed by atoms with Gasteiger partial charge in [-0.15, -0.1) is 0 Å². The number of carbonyl (C=O) groups excluding carboxylic acids is 1. The molecule has 1 saturated carbocycles. The van der Waals surface area contributed by atoms with Gasteiger partial charge in [-0.2, -0.15) is 0 Å². The number of aromatic nitrogens is 2. The summed E-state index contributed by atoms with van der Waals surface area (Å²) < 4.78 is 12.4. The first-order chi connectivity index (χ1) is 23.3. The van der Waals surface area contributed by atoms with E-state index in [0.717, 1.165) is 69.7 Å². The molecule has 1 aliphatic carbocycles. The van der Waals surface area contributed by atoms with Crippen LogP contribution in [0.2, 0.25) is 0 Å². The van der Waals surface area contributed by atoms with Crippen LogP contribution in [0, 0.1) is 5.92 Å². The molecule has 0 unspecified atom stereocenters. The number of fused-ring (bicyclic) bond motifs is 1. The normalized spacial score (nSPS) is 16.1. The molecule has 2 N–H and O–H groups in total. The van der Waals surface area contributed by atoms with Crippen LogP contribution < -0.4 is 36.6 Å². The van der Waals surface area contributed by atoms with E-state index in [-0.39, 0.29) is 22.4 Å². The van der Waals surface area contributed by atoms with Gasteiger partial charge in [-0.1, -0.05) is 49.6 Å². The molecule has 0 saturated heterocycles. The fourth-order valence-corrected chi connectivity index (χ4v) is 6.81. The standard InChI is InChI=1S/C39H44N4O5/c1-42-34(22-27-8-5-4-6-9-27)38(45)41-33(39(42)46)21-28-10-7-11-30(20-28)37(44)40-32-14-12-26(13-15-32)16-18-43-19-17-29-23-35(47-2)36(48-3)24-31(29)25-43/h7,10-15,20-24,27H,4-6,8-9,16-19,25H2,1-3H3,(H,40,44)(H,41,45)/b33-21-,34-22-. The van der Waals surface area contributed by atoms with E-state index in [0.29, 0.717) is 28.1 Å². The largest absolute Gasteiger partial charge is 0.493 e. The second kappa shape index (κ2) is 14.9. The number of ether oxygens (including phenoxy) is 2. The molecule has 9 heteroatoms. The van der Waals surface area contributed by atoms with E-state index in [1.54, 1.807) is 51.6 Å². The minimum absolute atomic E-state index is 0.185. The Balaban J connectivity index is 1.08. The predicted octanol–water partition coefficient (Wildman–Crippen LogP) is 4.13. The van der Waals surface area contributed by atoms with Crippen molar-refractivity contribution in [2.24, 2.45) is 13.0 Å². The van der Waals surface area contributed by atoms with Crippen molar-refractivity contribution < 1.29 is 14.3 Å². The van der Waals surface area contributed by atoms with Crippen LogP contribution in [0.25, 0.3) is 12.2 Å². The van der Waals surface area contributed by atoms with E-state index in [4.69, 9.17) is 9.47 Å². The summed E-state index contributed by atoms with van der Waals surface area (Å²) in [4.78, 5) is 44.5. The van der Waals surface area contributed by atoms with Gasteiger partial charge in [-0.3, -0.25) is 19.3 Å². The zero-order chi connectivity index (χ0) is 33.6. The molecule has 6 rings (SSSR count). The zero-order valence-corrected chi connectivity index (χ0v) is 28.0.